The van der Waals surface area contributed by atoms with Gasteiger partial charge in [0.2, 0.25) is 0 Å². The molecule has 0 radical (unpaired) electrons. The lowest BCUT2D eigenvalue weighted by atomic mass is 9.79. The van der Waals surface area contributed by atoms with Crippen molar-refractivity contribution >= 4 is 5.97 Å². The number of hydrogen-bond acceptors (Lipinski definition) is 5. The van der Waals surface area contributed by atoms with Gasteiger partial charge in [-0.15, -0.1) is 0 Å². The van der Waals surface area contributed by atoms with E-state index in [1.165, 1.54) is 19.2 Å². The van der Waals surface area contributed by atoms with Crippen molar-refractivity contribution in [2.24, 2.45) is 0 Å². The van der Waals surface area contributed by atoms with Gasteiger partial charge in [-0.1, -0.05) is 19.9 Å². The monoisotopic (exact) mass is 240 g/mol. The minimum absolute atomic E-state index is 0.0883. The standard InChI is InChI=1S/C12H16O5/c1-12(2,10(15)11(16)17-3)8-5-4-7(13)6-9(8)14/h4-6,10,13-15H,1-3H3. The fraction of sp³-hybridized carbons (Fsp3) is 0.417. The summed E-state index contributed by atoms with van der Waals surface area (Å²) in [4.78, 5) is 11.3. The molecule has 1 rings (SSSR count). The summed E-state index contributed by atoms with van der Waals surface area (Å²) in [5, 5.41) is 28.7. The molecule has 0 aromatic heterocycles. The van der Waals surface area contributed by atoms with Crippen molar-refractivity contribution in [3.63, 3.8) is 0 Å². The fourth-order valence-electron chi connectivity index (χ4n) is 1.62. The first kappa shape index (κ1) is 13.3. The van der Waals surface area contributed by atoms with Gasteiger partial charge in [0.25, 0.3) is 0 Å². The number of benzene rings is 1. The second kappa shape index (κ2) is 4.63. The zero-order valence-electron chi connectivity index (χ0n) is 9.97. The smallest absolute Gasteiger partial charge is 0.335 e. The van der Waals surface area contributed by atoms with E-state index in [0.29, 0.717) is 5.56 Å². The zero-order valence-corrected chi connectivity index (χ0v) is 9.97. The molecule has 5 nitrogen and oxygen atoms in total. The Morgan fingerprint density at radius 1 is 1.35 bits per heavy atom. The highest BCUT2D eigenvalue weighted by molar-refractivity contribution is 5.76. The quantitative estimate of drug-likeness (QED) is 0.683. The summed E-state index contributed by atoms with van der Waals surface area (Å²) in [7, 11) is 1.18. The number of rotatable bonds is 3. The number of esters is 1. The van der Waals surface area contributed by atoms with Crippen LogP contribution in [0.2, 0.25) is 0 Å². The average Bonchev–Trinajstić information content (AvgIpc) is 2.26. The van der Waals surface area contributed by atoms with Gasteiger partial charge in [0.05, 0.1) is 7.11 Å². The largest absolute Gasteiger partial charge is 0.508 e. The lowest BCUT2D eigenvalue weighted by molar-refractivity contribution is -0.153. The van der Waals surface area contributed by atoms with E-state index in [0.717, 1.165) is 6.07 Å². The molecule has 94 valence electrons. The van der Waals surface area contributed by atoms with Crippen molar-refractivity contribution in [1.29, 1.82) is 0 Å². The Kier molecular flexibility index (Phi) is 3.63. The molecule has 0 spiro atoms. The van der Waals surface area contributed by atoms with E-state index in [9.17, 15) is 20.1 Å². The molecule has 17 heavy (non-hydrogen) atoms. The van der Waals surface area contributed by atoms with Crippen LogP contribution in [0.5, 0.6) is 11.5 Å². The first-order valence-electron chi connectivity index (χ1n) is 5.09. The Morgan fingerprint density at radius 3 is 2.41 bits per heavy atom. The van der Waals surface area contributed by atoms with Gasteiger partial charge >= 0.3 is 5.97 Å². The lowest BCUT2D eigenvalue weighted by Gasteiger charge is -2.29. The summed E-state index contributed by atoms with van der Waals surface area (Å²) >= 11 is 0. The zero-order chi connectivity index (χ0) is 13.2. The van der Waals surface area contributed by atoms with Crippen LogP contribution in [0.25, 0.3) is 0 Å². The van der Waals surface area contributed by atoms with Crippen LogP contribution in [0.15, 0.2) is 18.2 Å². The Labute approximate surface area is 99.3 Å². The van der Waals surface area contributed by atoms with Crippen LogP contribution >= 0.6 is 0 Å². The van der Waals surface area contributed by atoms with E-state index < -0.39 is 17.5 Å². The van der Waals surface area contributed by atoms with Gasteiger partial charge in [-0.25, -0.2) is 4.79 Å². The van der Waals surface area contributed by atoms with Crippen molar-refractivity contribution in [3.05, 3.63) is 23.8 Å². The van der Waals surface area contributed by atoms with Crippen LogP contribution in [0, 0.1) is 0 Å². The molecule has 1 aromatic carbocycles. The molecule has 5 heteroatoms. The maximum atomic E-state index is 11.3. The number of carbonyl (C=O) groups excluding carboxylic acids is 1. The average molecular weight is 240 g/mol. The maximum absolute atomic E-state index is 11.3. The minimum atomic E-state index is -1.40. The summed E-state index contributed by atoms with van der Waals surface area (Å²) < 4.78 is 4.46. The number of ether oxygens (including phenoxy) is 1. The first-order chi connectivity index (χ1) is 7.80. The molecule has 1 aromatic rings. The molecule has 0 fully saturated rings. The van der Waals surface area contributed by atoms with Crippen molar-refractivity contribution in [2.75, 3.05) is 7.11 Å². The summed E-state index contributed by atoms with van der Waals surface area (Å²) in [6, 6.07) is 3.98. The topological polar surface area (TPSA) is 87.0 Å². The van der Waals surface area contributed by atoms with Crippen molar-refractivity contribution < 1.29 is 24.9 Å². The number of carbonyl (C=O) groups is 1. The molecule has 0 aliphatic rings. The van der Waals surface area contributed by atoms with Gasteiger partial charge in [0.15, 0.2) is 6.10 Å². The summed E-state index contributed by atoms with van der Waals surface area (Å²) in [6.07, 6.45) is -1.40. The van der Waals surface area contributed by atoms with Crippen LogP contribution in [-0.2, 0) is 14.9 Å². The molecule has 0 heterocycles. The third kappa shape index (κ3) is 2.50. The highest BCUT2D eigenvalue weighted by Crippen LogP contribution is 2.36. The van der Waals surface area contributed by atoms with Gasteiger partial charge in [-0.05, 0) is 6.07 Å². The number of aliphatic hydroxyl groups excluding tert-OH is 1. The molecule has 0 amide bonds. The SMILES string of the molecule is COC(=O)C(O)C(C)(C)c1ccc(O)cc1O. The first-order valence-corrected chi connectivity index (χ1v) is 5.09. The van der Waals surface area contributed by atoms with E-state index in [1.807, 2.05) is 0 Å². The van der Waals surface area contributed by atoms with Crippen LogP contribution < -0.4 is 0 Å². The van der Waals surface area contributed by atoms with E-state index in [4.69, 9.17) is 0 Å². The number of methoxy groups -OCH3 is 1. The summed E-state index contributed by atoms with van der Waals surface area (Å²) in [5.74, 6) is -1.05. The number of aliphatic hydroxyl groups is 1. The van der Waals surface area contributed by atoms with E-state index in [1.54, 1.807) is 13.8 Å². The van der Waals surface area contributed by atoms with Crippen LogP contribution in [0.4, 0.5) is 0 Å². The Hall–Kier alpha value is -1.75. The molecule has 0 aliphatic heterocycles. The van der Waals surface area contributed by atoms with Crippen LogP contribution in [0.1, 0.15) is 19.4 Å². The molecular weight excluding hydrogens is 224 g/mol. The van der Waals surface area contributed by atoms with Gasteiger partial charge in [-0.3, -0.25) is 0 Å². The molecule has 0 saturated heterocycles. The van der Waals surface area contributed by atoms with E-state index in [2.05, 4.69) is 4.74 Å². The molecule has 0 saturated carbocycles. The second-order valence-electron chi connectivity index (χ2n) is 4.35. The Morgan fingerprint density at radius 2 is 1.94 bits per heavy atom. The highest BCUT2D eigenvalue weighted by Gasteiger charge is 2.37. The molecule has 1 unspecified atom stereocenters. The minimum Gasteiger partial charge on any atom is -0.508 e. The fourth-order valence-corrected chi connectivity index (χ4v) is 1.62. The van der Waals surface area contributed by atoms with E-state index in [-0.39, 0.29) is 11.5 Å². The molecule has 0 aliphatic carbocycles. The summed E-state index contributed by atoms with van der Waals surface area (Å²) in [6.45, 7) is 3.20. The highest BCUT2D eigenvalue weighted by atomic mass is 16.5. The van der Waals surface area contributed by atoms with Gasteiger partial charge in [-0.2, -0.15) is 0 Å². The van der Waals surface area contributed by atoms with Gasteiger partial charge in [0, 0.05) is 17.0 Å². The molecular formula is C12H16O5. The van der Waals surface area contributed by atoms with Crippen LogP contribution in [-0.4, -0.2) is 34.5 Å². The Balaban J connectivity index is 3.16. The molecule has 1 atom stereocenters. The number of phenols is 2. The maximum Gasteiger partial charge on any atom is 0.335 e. The van der Waals surface area contributed by atoms with Crippen LogP contribution in [0.3, 0.4) is 0 Å². The summed E-state index contributed by atoms with van der Waals surface area (Å²) in [5.41, 5.74) is -0.668. The normalized spacial score (nSPS) is 13.2. The third-order valence-electron chi connectivity index (χ3n) is 2.78. The third-order valence-corrected chi connectivity index (χ3v) is 2.78. The van der Waals surface area contributed by atoms with Crippen molar-refractivity contribution in [2.45, 2.75) is 25.4 Å². The number of phenolic OH excluding ortho intramolecular Hbond substituents is 2. The predicted molar refractivity (Wildman–Crippen MR) is 60.8 cm³/mol. The number of hydrogen-bond donors (Lipinski definition) is 3. The Bertz CT molecular complexity index is 425. The second-order valence-corrected chi connectivity index (χ2v) is 4.35. The predicted octanol–water partition coefficient (Wildman–Crippen LogP) is 0.909. The van der Waals surface area contributed by atoms with E-state index >= 15 is 0 Å². The van der Waals surface area contributed by atoms with Crippen molar-refractivity contribution in [3.8, 4) is 11.5 Å². The van der Waals surface area contributed by atoms with Gasteiger partial charge < -0.3 is 20.1 Å². The molecule has 0 bridgehead atoms. The lowest BCUT2D eigenvalue weighted by Crippen LogP contribution is -2.40. The van der Waals surface area contributed by atoms with Gasteiger partial charge in [0.1, 0.15) is 11.5 Å². The van der Waals surface area contributed by atoms with Crippen molar-refractivity contribution in [1.82, 2.24) is 0 Å². The molecule has 3 N–H and O–H groups in total. The number of aromatic hydroxyl groups is 2.